The Morgan fingerprint density at radius 3 is 2.81 bits per heavy atom. The molecule has 1 aliphatic carbocycles. The first-order chi connectivity index (χ1) is 10.2. The minimum absolute atomic E-state index is 0.138. The van der Waals surface area contributed by atoms with Crippen molar-refractivity contribution in [2.75, 3.05) is 18.6 Å². The van der Waals surface area contributed by atoms with Crippen molar-refractivity contribution in [1.82, 2.24) is 0 Å². The summed E-state index contributed by atoms with van der Waals surface area (Å²) in [5, 5.41) is 0. The van der Waals surface area contributed by atoms with Crippen molar-refractivity contribution < 1.29 is 19.1 Å². The first-order valence-electron chi connectivity index (χ1n) is 7.34. The van der Waals surface area contributed by atoms with Gasteiger partial charge in [-0.2, -0.15) is 0 Å². The van der Waals surface area contributed by atoms with Crippen molar-refractivity contribution in [3.63, 3.8) is 0 Å². The van der Waals surface area contributed by atoms with E-state index in [-0.39, 0.29) is 17.8 Å². The van der Waals surface area contributed by atoms with Gasteiger partial charge in [0.1, 0.15) is 5.75 Å². The van der Waals surface area contributed by atoms with E-state index in [1.54, 1.807) is 4.90 Å². The molecule has 1 amide bonds. The van der Waals surface area contributed by atoms with E-state index in [0.29, 0.717) is 12.2 Å². The van der Waals surface area contributed by atoms with Gasteiger partial charge in [0, 0.05) is 30.6 Å². The first-order valence-corrected chi connectivity index (χ1v) is 7.34. The zero-order valence-electron chi connectivity index (χ0n) is 12.1. The van der Waals surface area contributed by atoms with Crippen LogP contribution in [0.3, 0.4) is 0 Å². The molecule has 2 aliphatic rings. The molecule has 1 saturated carbocycles. The van der Waals surface area contributed by atoms with Gasteiger partial charge in [-0.05, 0) is 31.4 Å². The molecule has 5 nitrogen and oxygen atoms in total. The summed E-state index contributed by atoms with van der Waals surface area (Å²) < 4.78 is 10.6. The van der Waals surface area contributed by atoms with Crippen molar-refractivity contribution in [2.45, 2.75) is 31.8 Å². The highest BCUT2D eigenvalue weighted by molar-refractivity contribution is 5.95. The fourth-order valence-corrected chi connectivity index (χ4v) is 2.64. The van der Waals surface area contributed by atoms with E-state index in [9.17, 15) is 9.59 Å². The standard InChI is InChI=1S/C16H19NO4/c1-20-16(19)15(11-7-8-11)21-13-5-2-4-12(10-13)17-9-3-6-14(17)18/h2,4-5,10-11,15H,3,6-9H2,1H3. The Morgan fingerprint density at radius 1 is 1.38 bits per heavy atom. The smallest absolute Gasteiger partial charge is 0.347 e. The van der Waals surface area contributed by atoms with E-state index in [1.807, 2.05) is 24.3 Å². The number of carbonyl (C=O) groups excluding carboxylic acids is 2. The second kappa shape index (κ2) is 5.76. The number of anilines is 1. The first kappa shape index (κ1) is 13.9. The average molecular weight is 289 g/mol. The summed E-state index contributed by atoms with van der Waals surface area (Å²) in [7, 11) is 1.38. The lowest BCUT2D eigenvalue weighted by Gasteiger charge is -2.19. The van der Waals surface area contributed by atoms with Crippen LogP contribution in [0.15, 0.2) is 24.3 Å². The fourth-order valence-electron chi connectivity index (χ4n) is 2.64. The highest BCUT2D eigenvalue weighted by Crippen LogP contribution is 2.36. The molecule has 0 N–H and O–H groups in total. The minimum atomic E-state index is -0.542. The number of hydrogen-bond donors (Lipinski definition) is 0. The molecule has 1 aromatic rings. The molecular weight excluding hydrogens is 270 g/mol. The minimum Gasteiger partial charge on any atom is -0.478 e. The summed E-state index contributed by atoms with van der Waals surface area (Å²) in [6.07, 6.45) is 2.92. The molecule has 1 aromatic carbocycles. The molecule has 1 saturated heterocycles. The highest BCUT2D eigenvalue weighted by atomic mass is 16.6. The normalized spacial score (nSPS) is 19.5. The lowest BCUT2D eigenvalue weighted by atomic mass is 10.2. The molecule has 1 unspecified atom stereocenters. The number of hydrogen-bond acceptors (Lipinski definition) is 4. The maximum atomic E-state index is 11.8. The van der Waals surface area contributed by atoms with Crippen LogP contribution in [0.25, 0.3) is 0 Å². The monoisotopic (exact) mass is 289 g/mol. The zero-order valence-corrected chi connectivity index (χ0v) is 12.1. The maximum Gasteiger partial charge on any atom is 0.347 e. The molecule has 1 aliphatic heterocycles. The molecule has 21 heavy (non-hydrogen) atoms. The van der Waals surface area contributed by atoms with E-state index >= 15 is 0 Å². The molecule has 3 rings (SSSR count). The van der Waals surface area contributed by atoms with E-state index in [2.05, 4.69) is 0 Å². The SMILES string of the molecule is COC(=O)C(Oc1cccc(N2CCCC2=O)c1)C1CC1. The number of rotatable bonds is 5. The number of esters is 1. The van der Waals surface area contributed by atoms with Crippen LogP contribution in [-0.4, -0.2) is 31.6 Å². The van der Waals surface area contributed by atoms with Crippen molar-refractivity contribution in [2.24, 2.45) is 5.92 Å². The number of methoxy groups -OCH3 is 1. The van der Waals surface area contributed by atoms with E-state index in [4.69, 9.17) is 9.47 Å². The number of benzene rings is 1. The Balaban J connectivity index is 1.76. The van der Waals surface area contributed by atoms with Crippen molar-refractivity contribution in [1.29, 1.82) is 0 Å². The lowest BCUT2D eigenvalue weighted by molar-refractivity contribution is -0.149. The van der Waals surface area contributed by atoms with Gasteiger partial charge in [0.05, 0.1) is 7.11 Å². The Morgan fingerprint density at radius 2 is 2.19 bits per heavy atom. The van der Waals surface area contributed by atoms with Crippen LogP contribution in [0.4, 0.5) is 5.69 Å². The maximum absolute atomic E-state index is 11.8. The van der Waals surface area contributed by atoms with Crippen LogP contribution in [-0.2, 0) is 14.3 Å². The van der Waals surface area contributed by atoms with Gasteiger partial charge in [0.15, 0.2) is 6.10 Å². The second-order valence-electron chi connectivity index (χ2n) is 5.55. The summed E-state index contributed by atoms with van der Waals surface area (Å²) >= 11 is 0. The number of ether oxygens (including phenoxy) is 2. The predicted octanol–water partition coefficient (Wildman–Crippen LogP) is 2.14. The predicted molar refractivity (Wildman–Crippen MR) is 77.2 cm³/mol. The molecule has 0 spiro atoms. The van der Waals surface area contributed by atoms with Crippen LogP contribution in [0.2, 0.25) is 0 Å². The Labute approximate surface area is 123 Å². The van der Waals surface area contributed by atoms with E-state index in [1.165, 1.54) is 7.11 Å². The molecule has 0 bridgehead atoms. The van der Waals surface area contributed by atoms with Crippen LogP contribution in [0, 0.1) is 5.92 Å². The Bertz CT molecular complexity index is 553. The van der Waals surface area contributed by atoms with Crippen LogP contribution in [0.1, 0.15) is 25.7 Å². The van der Waals surface area contributed by atoms with Gasteiger partial charge in [-0.1, -0.05) is 6.07 Å². The number of amides is 1. The number of carbonyl (C=O) groups is 2. The Kier molecular flexibility index (Phi) is 3.82. The van der Waals surface area contributed by atoms with Crippen LogP contribution >= 0.6 is 0 Å². The van der Waals surface area contributed by atoms with Crippen molar-refractivity contribution >= 4 is 17.6 Å². The topological polar surface area (TPSA) is 55.8 Å². The average Bonchev–Trinajstić information content (AvgIpc) is 3.25. The molecule has 112 valence electrons. The summed E-state index contributed by atoms with van der Waals surface area (Å²) in [4.78, 5) is 25.3. The Hall–Kier alpha value is -2.04. The summed E-state index contributed by atoms with van der Waals surface area (Å²) in [6.45, 7) is 0.741. The van der Waals surface area contributed by atoms with Gasteiger partial charge in [0.25, 0.3) is 0 Å². The highest BCUT2D eigenvalue weighted by Gasteiger charge is 2.39. The molecule has 1 atom stereocenters. The fraction of sp³-hybridized carbons (Fsp3) is 0.500. The largest absolute Gasteiger partial charge is 0.478 e. The number of nitrogens with zero attached hydrogens (tertiary/aromatic N) is 1. The molecule has 0 aromatic heterocycles. The summed E-state index contributed by atoms with van der Waals surface area (Å²) in [6, 6.07) is 7.36. The van der Waals surface area contributed by atoms with Crippen LogP contribution < -0.4 is 9.64 Å². The summed E-state index contributed by atoms with van der Waals surface area (Å²) in [5.74, 6) is 0.656. The summed E-state index contributed by atoms with van der Waals surface area (Å²) in [5.41, 5.74) is 0.828. The molecule has 5 heteroatoms. The third-order valence-electron chi connectivity index (χ3n) is 3.95. The quantitative estimate of drug-likeness (QED) is 0.779. The van der Waals surface area contributed by atoms with Crippen molar-refractivity contribution in [3.05, 3.63) is 24.3 Å². The van der Waals surface area contributed by atoms with Gasteiger partial charge in [-0.15, -0.1) is 0 Å². The van der Waals surface area contributed by atoms with E-state index in [0.717, 1.165) is 31.5 Å². The van der Waals surface area contributed by atoms with Gasteiger partial charge < -0.3 is 14.4 Å². The van der Waals surface area contributed by atoms with Gasteiger partial charge in [-0.25, -0.2) is 4.79 Å². The second-order valence-corrected chi connectivity index (χ2v) is 5.55. The molecule has 2 fully saturated rings. The van der Waals surface area contributed by atoms with Gasteiger partial charge in [-0.3, -0.25) is 4.79 Å². The third-order valence-corrected chi connectivity index (χ3v) is 3.95. The lowest BCUT2D eigenvalue weighted by Crippen LogP contribution is -2.30. The van der Waals surface area contributed by atoms with Crippen molar-refractivity contribution in [3.8, 4) is 5.75 Å². The molecule has 0 radical (unpaired) electrons. The van der Waals surface area contributed by atoms with Gasteiger partial charge in [0.2, 0.25) is 5.91 Å². The molecular formula is C16H19NO4. The third kappa shape index (κ3) is 3.01. The van der Waals surface area contributed by atoms with Crippen LogP contribution in [0.5, 0.6) is 5.75 Å². The molecule has 1 heterocycles. The van der Waals surface area contributed by atoms with E-state index < -0.39 is 6.10 Å². The zero-order chi connectivity index (χ0) is 14.8. The van der Waals surface area contributed by atoms with Gasteiger partial charge >= 0.3 is 5.97 Å².